The summed E-state index contributed by atoms with van der Waals surface area (Å²) < 4.78 is 39.2. The zero-order chi connectivity index (χ0) is 20.1. The Morgan fingerprint density at radius 2 is 1.67 bits per heavy atom. The van der Waals surface area contributed by atoms with E-state index in [0.717, 1.165) is 5.69 Å². The highest BCUT2D eigenvalue weighted by atomic mass is 32.2. The summed E-state index contributed by atoms with van der Waals surface area (Å²) >= 11 is 0. The number of amides is 1. The van der Waals surface area contributed by atoms with Crippen LogP contribution in [0.25, 0.3) is 0 Å². The number of carbonyl (C=O) groups excluding carboxylic acids is 1. The highest BCUT2D eigenvalue weighted by Crippen LogP contribution is 2.26. The molecule has 152 valence electrons. The normalized spacial score (nSPS) is 20.9. The molecule has 0 spiro atoms. The van der Waals surface area contributed by atoms with Gasteiger partial charge < -0.3 is 10.6 Å². The molecule has 0 unspecified atom stereocenters. The van der Waals surface area contributed by atoms with Crippen LogP contribution in [0.5, 0.6) is 0 Å². The van der Waals surface area contributed by atoms with E-state index in [-0.39, 0.29) is 23.7 Å². The number of hydrogen-bond acceptors (Lipinski definition) is 4. The zero-order valence-corrected chi connectivity index (χ0v) is 17.0. The summed E-state index contributed by atoms with van der Waals surface area (Å²) in [5.41, 5.74) is 0.803. The van der Waals surface area contributed by atoms with Crippen LogP contribution in [0.2, 0.25) is 0 Å². The van der Waals surface area contributed by atoms with Gasteiger partial charge in [-0.15, -0.1) is 0 Å². The monoisotopic (exact) mass is 399 g/mol. The molecule has 1 aromatic carbocycles. The molecule has 0 saturated heterocycles. The molecule has 1 aromatic rings. The van der Waals surface area contributed by atoms with Crippen molar-refractivity contribution in [3.05, 3.63) is 30.1 Å². The van der Waals surface area contributed by atoms with E-state index in [0.29, 0.717) is 38.8 Å². The second-order valence-corrected chi connectivity index (χ2v) is 10.5. The highest BCUT2D eigenvalue weighted by molar-refractivity contribution is 7.90. The van der Waals surface area contributed by atoms with Gasteiger partial charge in [0.2, 0.25) is 15.9 Å². The van der Waals surface area contributed by atoms with E-state index in [9.17, 15) is 17.6 Å². The fraction of sp³-hybridized carbons (Fsp3) is 0.632. The maximum Gasteiger partial charge on any atom is 0.223 e. The Balaban J connectivity index is 1.68. The van der Waals surface area contributed by atoms with Gasteiger partial charge in [0, 0.05) is 30.7 Å². The Labute approximate surface area is 161 Å². The summed E-state index contributed by atoms with van der Waals surface area (Å²) in [7, 11) is -3.36. The first-order valence-corrected chi connectivity index (χ1v) is 10.9. The van der Waals surface area contributed by atoms with Gasteiger partial charge in [-0.05, 0) is 70.7 Å². The van der Waals surface area contributed by atoms with Gasteiger partial charge in [-0.3, -0.25) is 4.79 Å². The van der Waals surface area contributed by atoms with E-state index < -0.39 is 14.8 Å². The smallest absolute Gasteiger partial charge is 0.223 e. The van der Waals surface area contributed by atoms with Crippen molar-refractivity contribution in [2.45, 2.75) is 57.2 Å². The van der Waals surface area contributed by atoms with Crippen LogP contribution in [-0.4, -0.2) is 38.2 Å². The summed E-state index contributed by atoms with van der Waals surface area (Å²) in [6.07, 6.45) is 2.69. The Bertz CT molecular complexity index is 722. The lowest BCUT2D eigenvalue weighted by Crippen LogP contribution is -2.47. The Hall–Kier alpha value is -1.67. The van der Waals surface area contributed by atoms with E-state index >= 15 is 0 Å². The molecule has 1 saturated carbocycles. The molecule has 8 heteroatoms. The summed E-state index contributed by atoms with van der Waals surface area (Å²) in [5.74, 6) is -0.353. The van der Waals surface area contributed by atoms with Crippen molar-refractivity contribution in [3.8, 4) is 0 Å². The number of benzene rings is 1. The zero-order valence-electron chi connectivity index (χ0n) is 16.2. The average molecular weight is 400 g/mol. The molecule has 1 aliphatic rings. The predicted octanol–water partition coefficient (Wildman–Crippen LogP) is 2.63. The first kappa shape index (κ1) is 21.6. The maximum atomic E-state index is 12.8. The van der Waals surface area contributed by atoms with Crippen LogP contribution >= 0.6 is 0 Å². The summed E-state index contributed by atoms with van der Waals surface area (Å²) in [4.78, 5) is 12.3. The lowest BCUT2D eigenvalue weighted by molar-refractivity contribution is -0.125. The number of rotatable bonds is 7. The van der Waals surface area contributed by atoms with Gasteiger partial charge in [-0.25, -0.2) is 17.5 Å². The van der Waals surface area contributed by atoms with Crippen molar-refractivity contribution in [1.82, 2.24) is 10.0 Å². The number of halogens is 1. The van der Waals surface area contributed by atoms with E-state index in [1.54, 1.807) is 32.9 Å². The van der Waals surface area contributed by atoms with Gasteiger partial charge in [-0.1, -0.05) is 0 Å². The molecule has 0 radical (unpaired) electrons. The van der Waals surface area contributed by atoms with Crippen molar-refractivity contribution in [2.24, 2.45) is 5.92 Å². The van der Waals surface area contributed by atoms with Gasteiger partial charge in [-0.2, -0.15) is 0 Å². The third-order valence-electron chi connectivity index (χ3n) is 4.82. The highest BCUT2D eigenvalue weighted by Gasteiger charge is 2.33. The standard InChI is InChI=1S/C19H30FN3O3S/c1-19(2,3)27(25,26)23-17-8-4-14(5-9-17)18(24)22-13-12-21-16-10-6-15(20)7-11-16/h6-7,10-11,14,17,21,23H,4-5,8-9,12-13H2,1-3H3,(H,22,24). The van der Waals surface area contributed by atoms with Crippen molar-refractivity contribution in [1.29, 1.82) is 0 Å². The first-order valence-electron chi connectivity index (χ1n) is 9.37. The van der Waals surface area contributed by atoms with Crippen LogP contribution in [0.4, 0.5) is 10.1 Å². The molecule has 0 aromatic heterocycles. The summed E-state index contributed by atoms with van der Waals surface area (Å²) in [6.45, 7) is 6.06. The largest absolute Gasteiger partial charge is 0.383 e. The number of sulfonamides is 1. The maximum absolute atomic E-state index is 12.8. The molecule has 1 aliphatic carbocycles. The number of hydrogen-bond donors (Lipinski definition) is 3. The second-order valence-electron chi connectivity index (χ2n) is 8.01. The average Bonchev–Trinajstić information content (AvgIpc) is 2.59. The molecule has 6 nitrogen and oxygen atoms in total. The fourth-order valence-electron chi connectivity index (χ4n) is 2.97. The minimum Gasteiger partial charge on any atom is -0.383 e. The summed E-state index contributed by atoms with van der Waals surface area (Å²) in [6, 6.07) is 5.97. The Morgan fingerprint density at radius 1 is 1.07 bits per heavy atom. The SMILES string of the molecule is CC(C)(C)S(=O)(=O)NC1CCC(C(=O)NCCNc2ccc(F)cc2)CC1. The third kappa shape index (κ3) is 6.46. The van der Waals surface area contributed by atoms with Gasteiger partial charge in [0.25, 0.3) is 0 Å². The van der Waals surface area contributed by atoms with Crippen LogP contribution in [0.15, 0.2) is 24.3 Å². The molecule has 0 heterocycles. The van der Waals surface area contributed by atoms with Gasteiger partial charge in [0.1, 0.15) is 5.82 Å². The minimum absolute atomic E-state index is 0.00744. The van der Waals surface area contributed by atoms with Crippen molar-refractivity contribution in [2.75, 3.05) is 18.4 Å². The van der Waals surface area contributed by atoms with Crippen molar-refractivity contribution < 1.29 is 17.6 Å². The van der Waals surface area contributed by atoms with Crippen LogP contribution < -0.4 is 15.4 Å². The van der Waals surface area contributed by atoms with Crippen LogP contribution in [0.1, 0.15) is 46.5 Å². The molecular weight excluding hydrogens is 369 g/mol. The Morgan fingerprint density at radius 3 is 2.22 bits per heavy atom. The van der Waals surface area contributed by atoms with Gasteiger partial charge in [0.15, 0.2) is 0 Å². The first-order chi connectivity index (χ1) is 12.6. The second kappa shape index (κ2) is 9.01. The summed E-state index contributed by atoms with van der Waals surface area (Å²) in [5, 5.41) is 6.03. The number of nitrogens with one attached hydrogen (secondary N) is 3. The van der Waals surface area contributed by atoms with E-state index in [2.05, 4.69) is 15.4 Å². The van der Waals surface area contributed by atoms with E-state index in [1.165, 1.54) is 12.1 Å². The third-order valence-corrected chi connectivity index (χ3v) is 7.08. The minimum atomic E-state index is -3.36. The molecule has 1 amide bonds. The number of carbonyl (C=O) groups is 1. The molecule has 1 fully saturated rings. The fourth-order valence-corrected chi connectivity index (χ4v) is 4.00. The van der Waals surface area contributed by atoms with Crippen molar-refractivity contribution >= 4 is 21.6 Å². The van der Waals surface area contributed by atoms with Crippen LogP contribution in [-0.2, 0) is 14.8 Å². The molecule has 0 bridgehead atoms. The van der Waals surface area contributed by atoms with Gasteiger partial charge in [0.05, 0.1) is 4.75 Å². The lowest BCUT2D eigenvalue weighted by Gasteiger charge is -2.30. The quantitative estimate of drug-likeness (QED) is 0.615. The van der Waals surface area contributed by atoms with Crippen LogP contribution in [0.3, 0.4) is 0 Å². The molecular formula is C19H30FN3O3S. The molecule has 3 N–H and O–H groups in total. The molecule has 27 heavy (non-hydrogen) atoms. The van der Waals surface area contributed by atoms with Crippen LogP contribution in [0, 0.1) is 11.7 Å². The predicted molar refractivity (Wildman–Crippen MR) is 105 cm³/mol. The van der Waals surface area contributed by atoms with E-state index in [4.69, 9.17) is 0 Å². The molecule has 0 aliphatic heterocycles. The number of anilines is 1. The van der Waals surface area contributed by atoms with E-state index in [1.807, 2.05) is 0 Å². The van der Waals surface area contributed by atoms with Crippen molar-refractivity contribution in [3.63, 3.8) is 0 Å². The topological polar surface area (TPSA) is 87.3 Å². The van der Waals surface area contributed by atoms with Gasteiger partial charge >= 0.3 is 0 Å². The Kier molecular flexibility index (Phi) is 7.22. The molecule has 2 rings (SSSR count). The molecule has 0 atom stereocenters. The lowest BCUT2D eigenvalue weighted by atomic mass is 9.86.